The summed E-state index contributed by atoms with van der Waals surface area (Å²) in [5, 5.41) is 15.0. The first-order valence-electron chi connectivity index (χ1n) is 10.8. The zero-order valence-corrected chi connectivity index (χ0v) is 21.7. The van der Waals surface area contributed by atoms with Crippen molar-refractivity contribution in [3.05, 3.63) is 94.0 Å². The Labute approximate surface area is 226 Å². The number of carbonyl (C=O) groups is 2. The fourth-order valence-corrected chi connectivity index (χ4v) is 4.35. The third-order valence-electron chi connectivity index (χ3n) is 5.06. The summed E-state index contributed by atoms with van der Waals surface area (Å²) >= 11 is 13.5. The Balaban J connectivity index is 1.51. The number of methoxy groups -OCH3 is 1. The lowest BCUT2D eigenvalue weighted by molar-refractivity contribution is -0.113. The third kappa shape index (κ3) is 6.79. The van der Waals surface area contributed by atoms with Gasteiger partial charge in [0.1, 0.15) is 11.6 Å². The highest BCUT2D eigenvalue weighted by Gasteiger charge is 2.18. The van der Waals surface area contributed by atoms with E-state index in [0.29, 0.717) is 38.2 Å². The van der Waals surface area contributed by atoms with Crippen LogP contribution >= 0.6 is 35.0 Å². The average molecular weight is 560 g/mol. The number of amides is 2. The molecule has 0 atom stereocenters. The largest absolute Gasteiger partial charge is 0.497 e. The van der Waals surface area contributed by atoms with E-state index in [2.05, 4.69) is 20.8 Å². The summed E-state index contributed by atoms with van der Waals surface area (Å²) in [5.74, 6) is -0.143. The van der Waals surface area contributed by atoms with E-state index in [9.17, 15) is 14.0 Å². The molecule has 190 valence electrons. The molecule has 2 amide bonds. The van der Waals surface area contributed by atoms with Gasteiger partial charge < -0.3 is 15.4 Å². The summed E-state index contributed by atoms with van der Waals surface area (Å²) in [7, 11) is 1.56. The first kappa shape index (κ1) is 26.5. The third-order valence-corrected chi connectivity index (χ3v) is 6.73. The van der Waals surface area contributed by atoms with E-state index in [0.717, 1.165) is 17.8 Å². The number of nitrogens with one attached hydrogen (secondary N) is 2. The lowest BCUT2D eigenvalue weighted by atomic mass is 10.2. The monoisotopic (exact) mass is 559 g/mol. The molecule has 0 saturated carbocycles. The van der Waals surface area contributed by atoms with Gasteiger partial charge in [-0.2, -0.15) is 0 Å². The van der Waals surface area contributed by atoms with Crippen molar-refractivity contribution in [2.24, 2.45) is 0 Å². The summed E-state index contributed by atoms with van der Waals surface area (Å²) in [6, 6.07) is 17.3. The number of nitrogens with zero attached hydrogens (tertiary/aromatic N) is 3. The van der Waals surface area contributed by atoms with Gasteiger partial charge in [0.25, 0.3) is 5.91 Å². The van der Waals surface area contributed by atoms with E-state index in [-0.39, 0.29) is 23.8 Å². The zero-order chi connectivity index (χ0) is 26.4. The minimum Gasteiger partial charge on any atom is -0.497 e. The Morgan fingerprint density at radius 1 is 1.03 bits per heavy atom. The number of hydrogen-bond acceptors (Lipinski definition) is 6. The molecule has 4 aromatic rings. The van der Waals surface area contributed by atoms with Gasteiger partial charge in [0.05, 0.1) is 35.1 Å². The maximum Gasteiger partial charge on any atom is 0.251 e. The zero-order valence-electron chi connectivity index (χ0n) is 19.4. The van der Waals surface area contributed by atoms with E-state index in [1.807, 2.05) is 0 Å². The first-order chi connectivity index (χ1) is 17.8. The Hall–Kier alpha value is -3.60. The van der Waals surface area contributed by atoms with Crippen LogP contribution in [0.2, 0.25) is 10.0 Å². The maximum absolute atomic E-state index is 13.5. The van der Waals surface area contributed by atoms with Crippen molar-refractivity contribution < 1.29 is 18.7 Å². The molecule has 0 saturated heterocycles. The average Bonchev–Trinajstić information content (AvgIpc) is 3.31. The van der Waals surface area contributed by atoms with Gasteiger partial charge in [-0.15, -0.1) is 10.2 Å². The van der Waals surface area contributed by atoms with Crippen LogP contribution in [0.3, 0.4) is 0 Å². The Kier molecular flexibility index (Phi) is 8.65. The Bertz CT molecular complexity index is 1430. The molecule has 0 fully saturated rings. The molecule has 8 nitrogen and oxygen atoms in total. The number of ether oxygens (including phenoxy) is 1. The molecule has 0 aliphatic rings. The highest BCUT2D eigenvalue weighted by Crippen LogP contribution is 2.28. The molecule has 0 radical (unpaired) electrons. The number of thioether (sulfide) groups is 1. The van der Waals surface area contributed by atoms with E-state index in [1.54, 1.807) is 54.1 Å². The molecule has 1 heterocycles. The number of rotatable bonds is 9. The Morgan fingerprint density at radius 2 is 1.81 bits per heavy atom. The number of halogens is 3. The molecule has 3 aromatic carbocycles. The van der Waals surface area contributed by atoms with Gasteiger partial charge in [0.15, 0.2) is 11.0 Å². The summed E-state index contributed by atoms with van der Waals surface area (Å²) < 4.78 is 20.3. The second kappa shape index (κ2) is 12.1. The predicted octanol–water partition coefficient (Wildman–Crippen LogP) is 5.38. The van der Waals surface area contributed by atoms with Crippen molar-refractivity contribution in [1.82, 2.24) is 20.1 Å². The number of anilines is 1. The van der Waals surface area contributed by atoms with Crippen LogP contribution in [0.1, 0.15) is 16.2 Å². The van der Waals surface area contributed by atoms with Gasteiger partial charge in [-0.05, 0) is 60.7 Å². The standard InChI is InChI=1S/C25H20Cl2FN5O3S/c1-36-19-8-5-17(6-9-19)30-23(34)14-37-25-32-31-22(33(25)18-7-10-20(26)21(27)12-18)13-29-24(35)15-3-2-4-16(28)11-15/h2-12H,13-14H2,1H3,(H,29,35)(H,30,34). The van der Waals surface area contributed by atoms with Crippen molar-refractivity contribution in [2.45, 2.75) is 11.7 Å². The Morgan fingerprint density at radius 3 is 2.51 bits per heavy atom. The molecular weight excluding hydrogens is 540 g/mol. The summed E-state index contributed by atoms with van der Waals surface area (Å²) in [4.78, 5) is 25.1. The lowest BCUT2D eigenvalue weighted by Gasteiger charge is -2.12. The fraction of sp³-hybridized carbons (Fsp3) is 0.120. The van der Waals surface area contributed by atoms with E-state index in [4.69, 9.17) is 27.9 Å². The second-order valence-electron chi connectivity index (χ2n) is 7.59. The van der Waals surface area contributed by atoms with Crippen LogP contribution in [0, 0.1) is 5.82 Å². The van der Waals surface area contributed by atoms with Crippen molar-refractivity contribution >= 4 is 52.5 Å². The lowest BCUT2D eigenvalue weighted by Crippen LogP contribution is -2.24. The molecule has 37 heavy (non-hydrogen) atoms. The van der Waals surface area contributed by atoms with E-state index >= 15 is 0 Å². The van der Waals surface area contributed by atoms with Crippen LogP contribution < -0.4 is 15.4 Å². The van der Waals surface area contributed by atoms with Crippen LogP contribution in [0.4, 0.5) is 10.1 Å². The highest BCUT2D eigenvalue weighted by atomic mass is 35.5. The van der Waals surface area contributed by atoms with Crippen molar-refractivity contribution in [1.29, 1.82) is 0 Å². The van der Waals surface area contributed by atoms with E-state index in [1.165, 1.54) is 18.2 Å². The molecule has 12 heteroatoms. The van der Waals surface area contributed by atoms with Gasteiger partial charge in [-0.3, -0.25) is 14.2 Å². The number of hydrogen-bond donors (Lipinski definition) is 2. The van der Waals surface area contributed by atoms with Crippen LogP contribution in [0.5, 0.6) is 5.75 Å². The molecule has 0 unspecified atom stereocenters. The highest BCUT2D eigenvalue weighted by molar-refractivity contribution is 7.99. The fourth-order valence-electron chi connectivity index (χ4n) is 3.28. The van der Waals surface area contributed by atoms with Gasteiger partial charge in [-0.25, -0.2) is 4.39 Å². The van der Waals surface area contributed by atoms with Crippen LogP contribution in [-0.4, -0.2) is 39.4 Å². The van der Waals surface area contributed by atoms with Crippen LogP contribution in [0.25, 0.3) is 5.69 Å². The second-order valence-corrected chi connectivity index (χ2v) is 9.35. The number of benzene rings is 3. The summed E-state index contributed by atoms with van der Waals surface area (Å²) in [6.45, 7) is -0.0127. The minimum absolute atomic E-state index is 0.0127. The number of aromatic nitrogens is 3. The quantitative estimate of drug-likeness (QED) is 0.267. The molecular formula is C25H20Cl2FN5O3S. The summed E-state index contributed by atoms with van der Waals surface area (Å²) in [5.41, 5.74) is 1.39. The number of carbonyl (C=O) groups excluding carboxylic acids is 2. The van der Waals surface area contributed by atoms with Crippen LogP contribution in [0.15, 0.2) is 71.9 Å². The predicted molar refractivity (Wildman–Crippen MR) is 141 cm³/mol. The minimum atomic E-state index is -0.516. The first-order valence-corrected chi connectivity index (χ1v) is 12.6. The maximum atomic E-state index is 13.5. The van der Waals surface area contributed by atoms with Gasteiger partial charge >= 0.3 is 0 Å². The summed E-state index contributed by atoms with van der Waals surface area (Å²) in [6.07, 6.45) is 0. The molecule has 0 aliphatic heterocycles. The molecule has 2 N–H and O–H groups in total. The normalized spacial score (nSPS) is 10.7. The molecule has 0 aliphatic carbocycles. The van der Waals surface area contributed by atoms with Gasteiger partial charge in [0, 0.05) is 11.3 Å². The van der Waals surface area contributed by atoms with Crippen molar-refractivity contribution in [2.75, 3.05) is 18.2 Å². The van der Waals surface area contributed by atoms with Crippen molar-refractivity contribution in [3.63, 3.8) is 0 Å². The molecule has 0 bridgehead atoms. The van der Waals surface area contributed by atoms with Gasteiger partial charge in [0.2, 0.25) is 5.91 Å². The molecule has 0 spiro atoms. The smallest absolute Gasteiger partial charge is 0.251 e. The van der Waals surface area contributed by atoms with Gasteiger partial charge in [-0.1, -0.05) is 41.0 Å². The topological polar surface area (TPSA) is 98.1 Å². The molecule has 1 aromatic heterocycles. The van der Waals surface area contributed by atoms with Crippen LogP contribution in [-0.2, 0) is 11.3 Å². The van der Waals surface area contributed by atoms with Crippen molar-refractivity contribution in [3.8, 4) is 11.4 Å². The molecule has 4 rings (SSSR count). The SMILES string of the molecule is COc1ccc(NC(=O)CSc2nnc(CNC(=O)c3cccc(F)c3)n2-c2ccc(Cl)c(Cl)c2)cc1. The van der Waals surface area contributed by atoms with E-state index < -0.39 is 11.7 Å².